The maximum absolute atomic E-state index is 11.8. The molecular weight excluding hydrogens is 268 g/mol. The molecule has 0 aromatic rings. The van der Waals surface area contributed by atoms with Crippen LogP contribution >= 0.6 is 11.8 Å². The van der Waals surface area contributed by atoms with Crippen LogP contribution in [0.1, 0.15) is 38.5 Å². The Kier molecular flexibility index (Phi) is 4.97. The van der Waals surface area contributed by atoms with Gasteiger partial charge in [-0.05, 0) is 44.9 Å². The smallest absolute Gasteiger partial charge is 0.211 e. The molecule has 4 nitrogen and oxygen atoms in total. The highest BCUT2D eigenvalue weighted by Crippen LogP contribution is 2.42. The molecule has 2 aliphatic carbocycles. The third kappa shape index (κ3) is 4.40. The van der Waals surface area contributed by atoms with Gasteiger partial charge >= 0.3 is 0 Å². The fourth-order valence-electron chi connectivity index (χ4n) is 2.19. The number of hydrogen-bond donors (Lipinski definition) is 2. The lowest BCUT2D eigenvalue weighted by molar-refractivity contribution is 0.361. The zero-order chi connectivity index (χ0) is 13.1. The highest BCUT2D eigenvalue weighted by Gasteiger charge is 2.36. The maximum atomic E-state index is 11.8. The number of hydrogen-bond acceptors (Lipinski definition) is 4. The molecule has 0 aromatic carbocycles. The maximum Gasteiger partial charge on any atom is 0.211 e. The van der Waals surface area contributed by atoms with Gasteiger partial charge in [0.1, 0.15) is 0 Å². The topological polar surface area (TPSA) is 58.2 Å². The van der Waals surface area contributed by atoms with Gasteiger partial charge in [-0.25, -0.2) is 13.1 Å². The molecule has 2 saturated carbocycles. The van der Waals surface area contributed by atoms with Crippen molar-refractivity contribution in [3.05, 3.63) is 0 Å². The van der Waals surface area contributed by atoms with Crippen molar-refractivity contribution in [1.82, 2.24) is 10.0 Å². The summed E-state index contributed by atoms with van der Waals surface area (Å²) in [5, 5.41) is 3.34. The van der Waals surface area contributed by atoms with Gasteiger partial charge in [0.05, 0.1) is 5.75 Å². The summed E-state index contributed by atoms with van der Waals surface area (Å²) in [5.41, 5.74) is 0. The quantitative estimate of drug-likeness (QED) is 0.630. The Morgan fingerprint density at radius 1 is 1.33 bits per heavy atom. The molecule has 0 aliphatic heterocycles. The van der Waals surface area contributed by atoms with Gasteiger partial charge in [0.2, 0.25) is 10.0 Å². The van der Waals surface area contributed by atoms with E-state index in [0.717, 1.165) is 19.4 Å². The van der Waals surface area contributed by atoms with Crippen molar-refractivity contribution in [2.24, 2.45) is 0 Å². The summed E-state index contributed by atoms with van der Waals surface area (Å²) in [7, 11) is -3.08. The Labute approximate surface area is 115 Å². The van der Waals surface area contributed by atoms with Crippen molar-refractivity contribution >= 4 is 21.8 Å². The van der Waals surface area contributed by atoms with Crippen LogP contribution in [0, 0.1) is 0 Å². The van der Waals surface area contributed by atoms with E-state index in [1.165, 1.54) is 19.3 Å². The van der Waals surface area contributed by atoms with E-state index in [1.54, 1.807) is 11.8 Å². The molecule has 0 radical (unpaired) electrons. The number of rotatable bonds is 9. The fourth-order valence-corrected chi connectivity index (χ4v) is 4.36. The van der Waals surface area contributed by atoms with Crippen molar-refractivity contribution in [3.63, 3.8) is 0 Å². The summed E-state index contributed by atoms with van der Waals surface area (Å²) in [6, 6.07) is 0.662. The first-order valence-corrected chi connectivity index (χ1v) is 9.69. The molecule has 0 saturated heterocycles. The van der Waals surface area contributed by atoms with Crippen LogP contribution in [-0.2, 0) is 10.0 Å². The predicted octanol–water partition coefficient (Wildman–Crippen LogP) is 1.33. The fraction of sp³-hybridized carbons (Fsp3) is 1.00. The Morgan fingerprint density at radius 2 is 2.06 bits per heavy atom. The highest BCUT2D eigenvalue weighted by atomic mass is 32.2. The van der Waals surface area contributed by atoms with Crippen LogP contribution < -0.4 is 10.0 Å². The largest absolute Gasteiger partial charge is 0.314 e. The molecule has 18 heavy (non-hydrogen) atoms. The first kappa shape index (κ1) is 14.6. The third-order valence-electron chi connectivity index (χ3n) is 3.91. The van der Waals surface area contributed by atoms with E-state index >= 15 is 0 Å². The van der Waals surface area contributed by atoms with E-state index < -0.39 is 10.0 Å². The van der Waals surface area contributed by atoms with E-state index in [-0.39, 0.29) is 10.5 Å². The van der Waals surface area contributed by atoms with Crippen molar-refractivity contribution in [2.45, 2.75) is 49.3 Å². The van der Waals surface area contributed by atoms with Crippen LogP contribution in [0.2, 0.25) is 0 Å². The van der Waals surface area contributed by atoms with Gasteiger partial charge in [-0.2, -0.15) is 11.8 Å². The molecule has 106 valence electrons. The Morgan fingerprint density at radius 3 is 2.56 bits per heavy atom. The zero-order valence-electron chi connectivity index (χ0n) is 11.1. The van der Waals surface area contributed by atoms with Crippen molar-refractivity contribution < 1.29 is 8.42 Å². The molecule has 2 N–H and O–H groups in total. The van der Waals surface area contributed by atoms with Crippen LogP contribution in [0.15, 0.2) is 0 Å². The second-order valence-corrected chi connectivity index (χ2v) is 8.66. The van der Waals surface area contributed by atoms with Crippen LogP contribution in [-0.4, -0.2) is 44.3 Å². The summed E-state index contributed by atoms with van der Waals surface area (Å²) in [6.07, 6.45) is 8.79. The summed E-state index contributed by atoms with van der Waals surface area (Å²) in [5.74, 6) is 0.247. The second-order valence-electron chi connectivity index (χ2n) is 5.46. The first-order chi connectivity index (χ1) is 8.55. The number of sulfonamides is 1. The van der Waals surface area contributed by atoms with Gasteiger partial charge in [-0.1, -0.05) is 6.42 Å². The van der Waals surface area contributed by atoms with E-state index in [2.05, 4.69) is 16.3 Å². The van der Waals surface area contributed by atoms with Crippen LogP contribution in [0.3, 0.4) is 0 Å². The van der Waals surface area contributed by atoms with Crippen LogP contribution in [0.5, 0.6) is 0 Å². The van der Waals surface area contributed by atoms with Gasteiger partial charge in [0.15, 0.2) is 0 Å². The standard InChI is InChI=1S/C12H24N2O2S2/c1-17-12(6-2-7-12)10-14-18(15,16)9-3-8-13-11-4-5-11/h11,13-14H,2-10H2,1H3. The highest BCUT2D eigenvalue weighted by molar-refractivity contribution is 8.00. The molecule has 2 aliphatic rings. The van der Waals surface area contributed by atoms with Gasteiger partial charge in [-0.3, -0.25) is 0 Å². The van der Waals surface area contributed by atoms with Crippen molar-refractivity contribution in [2.75, 3.05) is 25.1 Å². The second kappa shape index (κ2) is 6.11. The number of nitrogens with one attached hydrogen (secondary N) is 2. The minimum Gasteiger partial charge on any atom is -0.314 e. The molecule has 0 heterocycles. The first-order valence-electron chi connectivity index (χ1n) is 6.81. The lowest BCUT2D eigenvalue weighted by Crippen LogP contribution is -2.45. The van der Waals surface area contributed by atoms with Crippen LogP contribution in [0.25, 0.3) is 0 Å². The molecule has 2 rings (SSSR count). The van der Waals surface area contributed by atoms with Gasteiger partial charge < -0.3 is 5.32 Å². The third-order valence-corrected chi connectivity index (χ3v) is 6.74. The van der Waals surface area contributed by atoms with Crippen molar-refractivity contribution in [3.8, 4) is 0 Å². The monoisotopic (exact) mass is 292 g/mol. The molecule has 0 atom stereocenters. The normalized spacial score (nSPS) is 22.7. The minimum absolute atomic E-state index is 0.180. The lowest BCUT2D eigenvalue weighted by atomic mass is 9.84. The summed E-state index contributed by atoms with van der Waals surface area (Å²) < 4.78 is 26.7. The molecule has 6 heteroatoms. The number of thioether (sulfide) groups is 1. The molecule has 0 aromatic heterocycles. The molecule has 0 bridgehead atoms. The van der Waals surface area contributed by atoms with Gasteiger partial charge in [0.25, 0.3) is 0 Å². The van der Waals surface area contributed by atoms with E-state index in [0.29, 0.717) is 19.0 Å². The zero-order valence-corrected chi connectivity index (χ0v) is 12.7. The van der Waals surface area contributed by atoms with E-state index in [1.807, 2.05) is 0 Å². The lowest BCUT2D eigenvalue weighted by Gasteiger charge is -2.40. The SMILES string of the molecule is CSC1(CNS(=O)(=O)CCCNC2CC2)CCC1. The summed E-state index contributed by atoms with van der Waals surface area (Å²) in [4.78, 5) is 0. The van der Waals surface area contributed by atoms with Gasteiger partial charge in [-0.15, -0.1) is 0 Å². The summed E-state index contributed by atoms with van der Waals surface area (Å²) in [6.45, 7) is 1.42. The van der Waals surface area contributed by atoms with Crippen LogP contribution in [0.4, 0.5) is 0 Å². The van der Waals surface area contributed by atoms with Crippen molar-refractivity contribution in [1.29, 1.82) is 0 Å². The molecule has 0 amide bonds. The Bertz CT molecular complexity index is 357. The predicted molar refractivity (Wildman–Crippen MR) is 77.5 cm³/mol. The average Bonchev–Trinajstić information content (AvgIpc) is 3.07. The van der Waals surface area contributed by atoms with E-state index in [4.69, 9.17) is 0 Å². The molecule has 0 unspecified atom stereocenters. The average molecular weight is 292 g/mol. The molecule has 2 fully saturated rings. The van der Waals surface area contributed by atoms with E-state index in [9.17, 15) is 8.42 Å². The molecular formula is C12H24N2O2S2. The Hall–Kier alpha value is 0.220. The van der Waals surface area contributed by atoms with Gasteiger partial charge in [0, 0.05) is 17.3 Å². The molecule has 0 spiro atoms. The summed E-state index contributed by atoms with van der Waals surface area (Å²) >= 11 is 1.80. The Balaban J connectivity index is 1.62. The minimum atomic E-state index is -3.08.